The second-order valence-corrected chi connectivity index (χ2v) is 18.2. The molecule has 1 spiro atoms. The lowest BCUT2D eigenvalue weighted by molar-refractivity contribution is -0.134. The molecular weight excluding hydrogens is 779 g/mol. The van der Waals surface area contributed by atoms with Gasteiger partial charge in [0.2, 0.25) is 23.6 Å². The molecule has 2 amide bonds. The van der Waals surface area contributed by atoms with Crippen molar-refractivity contribution >= 4 is 62.3 Å². The predicted octanol–water partition coefficient (Wildman–Crippen LogP) is 6.77. The highest BCUT2D eigenvalue weighted by atomic mass is 16.5. The summed E-state index contributed by atoms with van der Waals surface area (Å²) in [5.74, 6) is 1.11. The van der Waals surface area contributed by atoms with Gasteiger partial charge in [0, 0.05) is 106 Å². The molecule has 14 heteroatoms. The Hall–Kier alpha value is -6.28. The van der Waals surface area contributed by atoms with Crippen LogP contribution >= 0.6 is 0 Å². The molecule has 4 fully saturated rings. The van der Waals surface area contributed by atoms with Crippen molar-refractivity contribution in [3.63, 3.8) is 0 Å². The number of imide groups is 1. The molecular formula is C48H53N11O3. The summed E-state index contributed by atoms with van der Waals surface area (Å²) < 4.78 is 7.66. The van der Waals surface area contributed by atoms with Gasteiger partial charge in [-0.3, -0.25) is 19.6 Å². The van der Waals surface area contributed by atoms with Gasteiger partial charge in [0.25, 0.3) is 0 Å². The zero-order valence-electron chi connectivity index (χ0n) is 35.5. The van der Waals surface area contributed by atoms with Crippen LogP contribution in [0.1, 0.15) is 55.7 Å². The molecule has 62 heavy (non-hydrogen) atoms. The molecule has 8 heterocycles. The molecule has 1 atom stereocenters. The lowest BCUT2D eigenvalue weighted by atomic mass is 9.71. The lowest BCUT2D eigenvalue weighted by Gasteiger charge is -2.55. The van der Waals surface area contributed by atoms with E-state index in [1.54, 1.807) is 0 Å². The maximum atomic E-state index is 12.7. The number of para-hydroxylation sites is 1. The van der Waals surface area contributed by atoms with E-state index in [1.807, 2.05) is 24.1 Å². The minimum absolute atomic E-state index is 0.199. The van der Waals surface area contributed by atoms with Crippen LogP contribution in [0.5, 0.6) is 5.88 Å². The number of piperidine rings is 3. The number of rotatable bonds is 8. The van der Waals surface area contributed by atoms with Crippen molar-refractivity contribution in [3.05, 3.63) is 84.3 Å². The molecule has 1 unspecified atom stereocenters. The van der Waals surface area contributed by atoms with Crippen molar-refractivity contribution in [1.82, 2.24) is 34.9 Å². The fourth-order valence-corrected chi connectivity index (χ4v) is 10.8. The number of pyridine rings is 1. The molecule has 0 saturated carbocycles. The van der Waals surface area contributed by atoms with E-state index in [9.17, 15) is 9.59 Å². The first-order valence-corrected chi connectivity index (χ1v) is 22.3. The van der Waals surface area contributed by atoms with Crippen LogP contribution in [0.2, 0.25) is 0 Å². The van der Waals surface area contributed by atoms with Gasteiger partial charge in [-0.25, -0.2) is 15.0 Å². The summed E-state index contributed by atoms with van der Waals surface area (Å²) in [4.78, 5) is 46.3. The minimum Gasteiger partial charge on any atom is -0.474 e. The normalized spacial score (nSPS) is 20.5. The molecule has 0 bridgehead atoms. The van der Waals surface area contributed by atoms with E-state index in [1.165, 1.54) is 56.7 Å². The Labute approximate surface area is 361 Å². The molecule has 0 radical (unpaired) electrons. The number of likely N-dealkylation sites (tertiary alicyclic amines) is 1. The number of aromatic nitrogens is 5. The van der Waals surface area contributed by atoms with Crippen LogP contribution in [0.4, 0.5) is 28.7 Å². The Kier molecular flexibility index (Phi) is 9.70. The third-order valence-electron chi connectivity index (χ3n) is 14.2. The summed E-state index contributed by atoms with van der Waals surface area (Å²) in [6, 6.07) is 21.3. The van der Waals surface area contributed by atoms with Crippen molar-refractivity contribution in [3.8, 4) is 17.0 Å². The van der Waals surface area contributed by atoms with E-state index in [-0.39, 0.29) is 11.8 Å². The average Bonchev–Trinajstić information content (AvgIpc) is 3.62. The van der Waals surface area contributed by atoms with Gasteiger partial charge in [-0.2, -0.15) is 5.10 Å². The number of benzene rings is 3. The number of carbonyl (C=O) groups is 2. The summed E-state index contributed by atoms with van der Waals surface area (Å²) in [5, 5.41) is 16.2. The van der Waals surface area contributed by atoms with Crippen LogP contribution in [-0.2, 0) is 16.6 Å². The van der Waals surface area contributed by atoms with Crippen LogP contribution in [-0.4, -0.2) is 100 Å². The Balaban J connectivity index is 0.660. The molecule has 3 aromatic carbocycles. The van der Waals surface area contributed by atoms with Gasteiger partial charge in [0.05, 0.1) is 28.3 Å². The quantitative estimate of drug-likeness (QED) is 0.139. The summed E-state index contributed by atoms with van der Waals surface area (Å²) in [6.45, 7) is 11.3. The summed E-state index contributed by atoms with van der Waals surface area (Å²) in [6.07, 6.45) is 9.43. The maximum Gasteiger partial charge on any atom is 0.237 e. The van der Waals surface area contributed by atoms with Gasteiger partial charge < -0.3 is 30.1 Å². The standard InChI is InChI=1S/C48H53N11O3/c1-30-38(26-50-46-42(30)49-18-23-62-46)32-6-7-33-25-51-47(53-39(33)24-32)52-34-8-10-35(11-9-34)58-21-16-48(17-22-58)28-57(29-48)27-31-14-19-59(20-15-31)40-5-3-4-36-43(55-56(2)44(36)40)37-12-13-41(60)54-45(37)61/h3-11,24-26,31,37,49H,12-23,27-29H2,1-2H3,(H,51,52,53)(H,54,60,61). The molecule has 4 saturated heterocycles. The van der Waals surface area contributed by atoms with Gasteiger partial charge in [0.1, 0.15) is 12.3 Å². The first-order chi connectivity index (χ1) is 30.3. The van der Waals surface area contributed by atoms with Gasteiger partial charge >= 0.3 is 0 Å². The summed E-state index contributed by atoms with van der Waals surface area (Å²) in [5.41, 5.74) is 10.8. The fraction of sp³-hybridized carbons (Fsp3) is 0.417. The Morgan fingerprint density at radius 3 is 2.55 bits per heavy atom. The highest BCUT2D eigenvalue weighted by molar-refractivity contribution is 6.03. The molecule has 3 aromatic heterocycles. The van der Waals surface area contributed by atoms with Gasteiger partial charge in [-0.15, -0.1) is 0 Å². The molecule has 318 valence electrons. The zero-order chi connectivity index (χ0) is 42.0. The number of hydrogen-bond donors (Lipinski definition) is 3. The first-order valence-electron chi connectivity index (χ1n) is 22.3. The Morgan fingerprint density at radius 1 is 0.919 bits per heavy atom. The van der Waals surface area contributed by atoms with Crippen LogP contribution in [0.15, 0.2) is 73.1 Å². The number of nitrogens with zero attached hydrogens (tertiary/aromatic N) is 8. The molecule has 5 aliphatic rings. The summed E-state index contributed by atoms with van der Waals surface area (Å²) >= 11 is 0. The first kappa shape index (κ1) is 38.6. The second kappa shape index (κ2) is 15.6. The molecule has 3 N–H and O–H groups in total. The maximum absolute atomic E-state index is 12.7. The van der Waals surface area contributed by atoms with E-state index in [4.69, 9.17) is 14.8 Å². The number of carbonyl (C=O) groups excluding carboxylic acids is 2. The van der Waals surface area contributed by atoms with E-state index in [2.05, 4.69) is 108 Å². The van der Waals surface area contributed by atoms with Gasteiger partial charge in [0.15, 0.2) is 0 Å². The number of amides is 2. The van der Waals surface area contributed by atoms with Crippen molar-refractivity contribution in [2.45, 2.75) is 51.4 Å². The minimum atomic E-state index is -0.391. The molecule has 11 rings (SSSR count). The highest BCUT2D eigenvalue weighted by Crippen LogP contribution is 2.43. The number of nitrogens with one attached hydrogen (secondary N) is 3. The van der Waals surface area contributed by atoms with Gasteiger partial charge in [-0.05, 0) is 97.9 Å². The number of aryl methyl sites for hydroxylation is 1. The monoisotopic (exact) mass is 831 g/mol. The van der Waals surface area contributed by atoms with Crippen molar-refractivity contribution in [1.29, 1.82) is 0 Å². The Morgan fingerprint density at radius 2 is 1.74 bits per heavy atom. The van der Waals surface area contributed by atoms with E-state index in [0.717, 1.165) is 88.3 Å². The number of ether oxygens (including phenoxy) is 1. The molecule has 14 nitrogen and oxygen atoms in total. The van der Waals surface area contributed by atoms with Gasteiger partial charge in [-0.1, -0.05) is 24.3 Å². The van der Waals surface area contributed by atoms with E-state index in [0.29, 0.717) is 42.6 Å². The largest absolute Gasteiger partial charge is 0.474 e. The number of fused-ring (bicyclic) bond motifs is 3. The lowest BCUT2D eigenvalue weighted by Crippen LogP contribution is -2.61. The van der Waals surface area contributed by atoms with Crippen LogP contribution in [0.3, 0.4) is 0 Å². The number of anilines is 5. The van der Waals surface area contributed by atoms with Crippen molar-refractivity contribution < 1.29 is 14.3 Å². The highest BCUT2D eigenvalue weighted by Gasteiger charge is 2.45. The van der Waals surface area contributed by atoms with Crippen LogP contribution in [0, 0.1) is 18.3 Å². The zero-order valence-corrected chi connectivity index (χ0v) is 35.5. The second-order valence-electron chi connectivity index (χ2n) is 18.2. The van der Waals surface area contributed by atoms with Crippen LogP contribution < -0.4 is 30.5 Å². The topological polar surface area (TPSA) is 146 Å². The molecule has 5 aliphatic heterocycles. The SMILES string of the molecule is Cc1c(-c2ccc3cnc(Nc4ccc(N5CCC6(CC5)CN(CC5CCN(c7cccc8c(C9CCC(=O)NC9=O)nn(C)c78)CC5)C6)cc4)nc3c2)cnc2c1NCCO2. The Bertz CT molecular complexity index is 2690. The predicted molar refractivity (Wildman–Crippen MR) is 242 cm³/mol. The van der Waals surface area contributed by atoms with E-state index < -0.39 is 5.92 Å². The average molecular weight is 832 g/mol. The number of hydrogen-bond acceptors (Lipinski definition) is 12. The molecule has 6 aromatic rings. The third-order valence-corrected chi connectivity index (χ3v) is 14.2. The fourth-order valence-electron chi connectivity index (χ4n) is 10.8. The molecule has 0 aliphatic carbocycles. The van der Waals surface area contributed by atoms with Crippen molar-refractivity contribution in [2.75, 3.05) is 79.4 Å². The smallest absolute Gasteiger partial charge is 0.237 e. The summed E-state index contributed by atoms with van der Waals surface area (Å²) in [7, 11) is 1.97. The van der Waals surface area contributed by atoms with E-state index >= 15 is 0 Å². The van der Waals surface area contributed by atoms with Crippen molar-refractivity contribution in [2.24, 2.45) is 18.4 Å². The van der Waals surface area contributed by atoms with Crippen LogP contribution in [0.25, 0.3) is 32.9 Å². The third kappa shape index (κ3) is 7.13.